The summed E-state index contributed by atoms with van der Waals surface area (Å²) in [6.07, 6.45) is 4.86. The molecule has 1 aliphatic rings. The summed E-state index contributed by atoms with van der Waals surface area (Å²) in [5, 5.41) is 3.59. The van der Waals surface area contributed by atoms with Gasteiger partial charge in [0.1, 0.15) is 5.82 Å². The molecule has 2 rings (SSSR count). The summed E-state index contributed by atoms with van der Waals surface area (Å²) in [6.45, 7) is 7.83. The van der Waals surface area contributed by atoms with Gasteiger partial charge in [0.25, 0.3) is 0 Å². The maximum atomic E-state index is 13.9. The van der Waals surface area contributed by atoms with Crippen LogP contribution in [0.1, 0.15) is 51.1 Å². The number of unbranched alkanes of at least 4 members (excludes halogenated alkanes) is 1. The molecule has 0 aliphatic carbocycles. The number of nitrogens with zero attached hydrogens (tertiary/aromatic N) is 1. The lowest BCUT2D eigenvalue weighted by Crippen LogP contribution is -2.43. The highest BCUT2D eigenvalue weighted by molar-refractivity contribution is 9.10. The topological polar surface area (TPSA) is 15.3 Å². The minimum absolute atomic E-state index is 0.0506. The number of hydrogen-bond donors (Lipinski definition) is 1. The van der Waals surface area contributed by atoms with E-state index in [4.69, 9.17) is 0 Å². The van der Waals surface area contributed by atoms with E-state index in [1.54, 1.807) is 6.07 Å². The first-order valence-electron chi connectivity index (χ1n) is 8.03. The van der Waals surface area contributed by atoms with E-state index in [0.29, 0.717) is 6.04 Å². The highest BCUT2D eigenvalue weighted by atomic mass is 79.9. The van der Waals surface area contributed by atoms with Crippen LogP contribution in [0.25, 0.3) is 0 Å². The Morgan fingerprint density at radius 3 is 2.76 bits per heavy atom. The van der Waals surface area contributed by atoms with Crippen LogP contribution in [0.5, 0.6) is 0 Å². The zero-order valence-electron chi connectivity index (χ0n) is 13.0. The molecule has 1 aromatic carbocycles. The van der Waals surface area contributed by atoms with Crippen LogP contribution in [0.4, 0.5) is 4.39 Å². The number of benzene rings is 1. The molecule has 0 spiro atoms. The van der Waals surface area contributed by atoms with Gasteiger partial charge in [0.15, 0.2) is 0 Å². The Hall–Kier alpha value is -0.450. The molecule has 1 atom stereocenters. The van der Waals surface area contributed by atoms with Gasteiger partial charge < -0.3 is 10.2 Å². The molecule has 1 unspecified atom stereocenters. The van der Waals surface area contributed by atoms with Crippen molar-refractivity contribution in [1.29, 1.82) is 0 Å². The summed E-state index contributed by atoms with van der Waals surface area (Å²) in [6, 6.07) is 5.71. The van der Waals surface area contributed by atoms with E-state index in [-0.39, 0.29) is 11.9 Å². The monoisotopic (exact) mass is 356 g/mol. The first-order valence-corrected chi connectivity index (χ1v) is 8.82. The number of piperidine rings is 1. The quantitative estimate of drug-likeness (QED) is 0.806. The van der Waals surface area contributed by atoms with Gasteiger partial charge in [-0.2, -0.15) is 0 Å². The number of likely N-dealkylation sites (tertiary alicyclic amines) is 1. The van der Waals surface area contributed by atoms with Gasteiger partial charge in [0.05, 0.1) is 0 Å². The van der Waals surface area contributed by atoms with Crippen molar-refractivity contribution in [2.45, 2.75) is 51.6 Å². The SMILES string of the molecule is CCCCN1CCC(NC(C)c2cc(Br)ccc2F)CC1. The molecule has 1 aliphatic heterocycles. The van der Waals surface area contributed by atoms with Crippen molar-refractivity contribution in [2.24, 2.45) is 0 Å². The van der Waals surface area contributed by atoms with Gasteiger partial charge in [-0.15, -0.1) is 0 Å². The molecule has 1 heterocycles. The number of nitrogens with one attached hydrogen (secondary N) is 1. The van der Waals surface area contributed by atoms with Gasteiger partial charge in [0, 0.05) is 22.1 Å². The highest BCUT2D eigenvalue weighted by Crippen LogP contribution is 2.23. The van der Waals surface area contributed by atoms with Crippen molar-refractivity contribution in [1.82, 2.24) is 10.2 Å². The standard InChI is InChI=1S/C17H26BrFN2/c1-3-4-9-21-10-7-15(8-11-21)20-13(2)16-12-14(18)5-6-17(16)19/h5-6,12-13,15,20H,3-4,7-11H2,1-2H3. The summed E-state index contributed by atoms with van der Waals surface area (Å²) < 4.78 is 14.8. The minimum Gasteiger partial charge on any atom is -0.307 e. The molecule has 118 valence electrons. The van der Waals surface area contributed by atoms with Crippen molar-refractivity contribution in [2.75, 3.05) is 19.6 Å². The van der Waals surface area contributed by atoms with Crippen molar-refractivity contribution >= 4 is 15.9 Å². The van der Waals surface area contributed by atoms with Gasteiger partial charge in [0.2, 0.25) is 0 Å². The maximum Gasteiger partial charge on any atom is 0.128 e. The smallest absolute Gasteiger partial charge is 0.128 e. The van der Waals surface area contributed by atoms with E-state index in [0.717, 1.165) is 36.0 Å². The molecule has 0 aromatic heterocycles. The zero-order valence-corrected chi connectivity index (χ0v) is 14.6. The second-order valence-corrected chi connectivity index (χ2v) is 6.94. The predicted molar refractivity (Wildman–Crippen MR) is 90.0 cm³/mol. The summed E-state index contributed by atoms with van der Waals surface area (Å²) >= 11 is 3.42. The Labute approximate surface area is 136 Å². The highest BCUT2D eigenvalue weighted by Gasteiger charge is 2.21. The van der Waals surface area contributed by atoms with Gasteiger partial charge in [-0.3, -0.25) is 0 Å². The molecule has 1 N–H and O–H groups in total. The average molecular weight is 357 g/mol. The average Bonchev–Trinajstić information content (AvgIpc) is 2.49. The first-order chi connectivity index (χ1) is 10.1. The molecule has 0 saturated carbocycles. The molecule has 1 aromatic rings. The fourth-order valence-electron chi connectivity index (χ4n) is 2.99. The Kier molecular flexibility index (Phi) is 6.65. The Bertz CT molecular complexity index is 444. The second-order valence-electron chi connectivity index (χ2n) is 6.02. The van der Waals surface area contributed by atoms with Gasteiger partial charge in [-0.1, -0.05) is 29.3 Å². The van der Waals surface area contributed by atoms with E-state index in [1.807, 2.05) is 13.0 Å². The fraction of sp³-hybridized carbons (Fsp3) is 0.647. The Morgan fingerprint density at radius 1 is 1.38 bits per heavy atom. The first kappa shape index (κ1) is 16.9. The molecule has 4 heteroatoms. The molecular formula is C17H26BrFN2. The van der Waals surface area contributed by atoms with Crippen LogP contribution in [0.2, 0.25) is 0 Å². The molecule has 0 bridgehead atoms. The van der Waals surface area contributed by atoms with Crippen LogP contribution in [0.15, 0.2) is 22.7 Å². The van der Waals surface area contributed by atoms with Crippen LogP contribution in [-0.4, -0.2) is 30.6 Å². The second kappa shape index (κ2) is 8.25. The lowest BCUT2D eigenvalue weighted by atomic mass is 10.0. The molecule has 0 amide bonds. The van der Waals surface area contributed by atoms with E-state index in [9.17, 15) is 4.39 Å². The van der Waals surface area contributed by atoms with E-state index >= 15 is 0 Å². The summed E-state index contributed by atoms with van der Waals surface area (Å²) in [5.74, 6) is -0.126. The van der Waals surface area contributed by atoms with Crippen LogP contribution in [0.3, 0.4) is 0 Å². The summed E-state index contributed by atoms with van der Waals surface area (Å²) in [4.78, 5) is 2.55. The molecule has 2 nitrogen and oxygen atoms in total. The fourth-order valence-corrected chi connectivity index (χ4v) is 3.37. The third-order valence-electron chi connectivity index (χ3n) is 4.33. The largest absolute Gasteiger partial charge is 0.307 e. The Morgan fingerprint density at radius 2 is 2.10 bits per heavy atom. The minimum atomic E-state index is -0.126. The van der Waals surface area contributed by atoms with Gasteiger partial charge in [-0.05, 0) is 64.0 Å². The van der Waals surface area contributed by atoms with Crippen molar-refractivity contribution in [3.63, 3.8) is 0 Å². The number of hydrogen-bond acceptors (Lipinski definition) is 2. The summed E-state index contributed by atoms with van der Waals surface area (Å²) in [5.41, 5.74) is 0.748. The van der Waals surface area contributed by atoms with Crippen molar-refractivity contribution in [3.05, 3.63) is 34.1 Å². The van der Waals surface area contributed by atoms with E-state index in [2.05, 4.69) is 33.1 Å². The van der Waals surface area contributed by atoms with E-state index < -0.39 is 0 Å². The molecule has 1 saturated heterocycles. The molecule has 0 radical (unpaired) electrons. The Balaban J connectivity index is 1.84. The van der Waals surface area contributed by atoms with Crippen LogP contribution < -0.4 is 5.32 Å². The number of halogens is 2. The number of rotatable bonds is 6. The van der Waals surface area contributed by atoms with Crippen LogP contribution >= 0.6 is 15.9 Å². The molecule has 1 fully saturated rings. The van der Waals surface area contributed by atoms with Gasteiger partial charge in [-0.25, -0.2) is 4.39 Å². The summed E-state index contributed by atoms with van der Waals surface area (Å²) in [7, 11) is 0. The molecule has 21 heavy (non-hydrogen) atoms. The lowest BCUT2D eigenvalue weighted by Gasteiger charge is -2.34. The van der Waals surface area contributed by atoms with Crippen LogP contribution in [-0.2, 0) is 0 Å². The molecular weight excluding hydrogens is 331 g/mol. The zero-order chi connectivity index (χ0) is 15.2. The normalized spacial score (nSPS) is 18.9. The van der Waals surface area contributed by atoms with Crippen molar-refractivity contribution in [3.8, 4) is 0 Å². The third kappa shape index (κ3) is 5.04. The van der Waals surface area contributed by atoms with Crippen molar-refractivity contribution < 1.29 is 4.39 Å². The van der Waals surface area contributed by atoms with Gasteiger partial charge >= 0.3 is 0 Å². The lowest BCUT2D eigenvalue weighted by molar-refractivity contribution is 0.189. The van der Waals surface area contributed by atoms with Crippen LogP contribution in [0, 0.1) is 5.82 Å². The maximum absolute atomic E-state index is 13.9. The van der Waals surface area contributed by atoms with E-state index in [1.165, 1.54) is 25.5 Å². The predicted octanol–water partition coefficient (Wildman–Crippen LogP) is 4.50. The third-order valence-corrected chi connectivity index (χ3v) is 4.82.